The summed E-state index contributed by atoms with van der Waals surface area (Å²) in [5.41, 5.74) is 7.44. The van der Waals surface area contributed by atoms with Gasteiger partial charge in [0.05, 0.1) is 0 Å². The van der Waals surface area contributed by atoms with Gasteiger partial charge < -0.3 is 15.5 Å². The average molecular weight is 258 g/mol. The van der Waals surface area contributed by atoms with Gasteiger partial charge in [-0.25, -0.2) is 4.98 Å². The molecule has 0 spiro atoms. The third kappa shape index (κ3) is 2.76. The van der Waals surface area contributed by atoms with Crippen molar-refractivity contribution in [1.82, 2.24) is 9.55 Å². The standard InChI is InChI=1S/C14H18N4O/c1-10(2)14-16-7-8-18(14)9-11-5-3-4-6-12(11)13(15)17-19/h3-8,10,19H,9H2,1-2H3,(H2,15,17). The second kappa shape index (κ2) is 5.56. The van der Waals surface area contributed by atoms with Crippen LogP contribution in [-0.4, -0.2) is 20.6 Å². The second-order valence-corrected chi connectivity index (χ2v) is 4.71. The maximum absolute atomic E-state index is 8.83. The van der Waals surface area contributed by atoms with Gasteiger partial charge in [-0.3, -0.25) is 0 Å². The molecule has 0 radical (unpaired) electrons. The summed E-state index contributed by atoms with van der Waals surface area (Å²) >= 11 is 0. The Kier molecular flexibility index (Phi) is 3.85. The highest BCUT2D eigenvalue weighted by molar-refractivity contribution is 5.98. The Labute approximate surface area is 112 Å². The molecule has 0 aliphatic carbocycles. The predicted molar refractivity (Wildman–Crippen MR) is 74.4 cm³/mol. The number of imidazole rings is 1. The molecule has 0 saturated carbocycles. The van der Waals surface area contributed by atoms with Crippen LogP contribution in [0.15, 0.2) is 41.8 Å². The molecule has 0 saturated heterocycles. The van der Waals surface area contributed by atoms with Crippen molar-refractivity contribution in [2.24, 2.45) is 10.9 Å². The van der Waals surface area contributed by atoms with E-state index in [1.165, 1.54) is 0 Å². The number of nitrogens with two attached hydrogens (primary N) is 1. The van der Waals surface area contributed by atoms with E-state index in [-0.39, 0.29) is 5.84 Å². The molecule has 19 heavy (non-hydrogen) atoms. The predicted octanol–water partition coefficient (Wildman–Crippen LogP) is 2.15. The Hall–Kier alpha value is -2.30. The van der Waals surface area contributed by atoms with Gasteiger partial charge >= 0.3 is 0 Å². The first-order chi connectivity index (χ1) is 9.13. The maximum atomic E-state index is 8.83. The molecule has 0 bridgehead atoms. The first-order valence-corrected chi connectivity index (χ1v) is 6.20. The number of amidine groups is 1. The highest BCUT2D eigenvalue weighted by atomic mass is 16.4. The van der Waals surface area contributed by atoms with Gasteiger partial charge in [0.1, 0.15) is 5.82 Å². The molecule has 0 aliphatic heterocycles. The highest BCUT2D eigenvalue weighted by Crippen LogP contribution is 2.16. The van der Waals surface area contributed by atoms with E-state index < -0.39 is 0 Å². The van der Waals surface area contributed by atoms with Crippen LogP contribution in [0.3, 0.4) is 0 Å². The van der Waals surface area contributed by atoms with Gasteiger partial charge in [-0.15, -0.1) is 0 Å². The minimum absolute atomic E-state index is 0.127. The first kappa shape index (κ1) is 13.1. The summed E-state index contributed by atoms with van der Waals surface area (Å²) in [7, 11) is 0. The molecule has 2 aromatic rings. The summed E-state index contributed by atoms with van der Waals surface area (Å²) in [6.07, 6.45) is 3.74. The van der Waals surface area contributed by atoms with E-state index in [2.05, 4.69) is 28.6 Å². The van der Waals surface area contributed by atoms with E-state index in [1.54, 1.807) is 6.20 Å². The zero-order chi connectivity index (χ0) is 13.8. The van der Waals surface area contributed by atoms with Gasteiger partial charge in [-0.2, -0.15) is 0 Å². The summed E-state index contributed by atoms with van der Waals surface area (Å²) in [5.74, 6) is 1.50. The summed E-state index contributed by atoms with van der Waals surface area (Å²) in [4.78, 5) is 4.36. The van der Waals surface area contributed by atoms with Gasteiger partial charge in [-0.05, 0) is 5.56 Å². The van der Waals surface area contributed by atoms with Crippen molar-refractivity contribution in [1.29, 1.82) is 0 Å². The van der Waals surface area contributed by atoms with Crippen molar-refractivity contribution in [2.75, 3.05) is 0 Å². The Bertz CT molecular complexity index is 587. The monoisotopic (exact) mass is 258 g/mol. The number of hydrogen-bond donors (Lipinski definition) is 2. The van der Waals surface area contributed by atoms with Crippen LogP contribution >= 0.6 is 0 Å². The molecule has 0 amide bonds. The van der Waals surface area contributed by atoms with Crippen LogP contribution < -0.4 is 5.73 Å². The molecule has 0 unspecified atom stereocenters. The summed E-state index contributed by atoms with van der Waals surface area (Å²) in [5, 5.41) is 11.9. The van der Waals surface area contributed by atoms with Crippen LogP contribution in [0.25, 0.3) is 0 Å². The van der Waals surface area contributed by atoms with E-state index in [0.717, 1.165) is 17.0 Å². The Morgan fingerprint density at radius 2 is 2.16 bits per heavy atom. The van der Waals surface area contributed by atoms with Crippen molar-refractivity contribution < 1.29 is 5.21 Å². The zero-order valence-corrected chi connectivity index (χ0v) is 11.1. The van der Waals surface area contributed by atoms with Crippen molar-refractivity contribution >= 4 is 5.84 Å². The first-order valence-electron chi connectivity index (χ1n) is 6.20. The molecule has 2 rings (SSSR count). The van der Waals surface area contributed by atoms with E-state index in [1.807, 2.05) is 30.5 Å². The van der Waals surface area contributed by atoms with Gasteiger partial charge in [-0.1, -0.05) is 43.3 Å². The van der Waals surface area contributed by atoms with E-state index in [4.69, 9.17) is 10.9 Å². The Morgan fingerprint density at radius 3 is 2.84 bits per heavy atom. The Morgan fingerprint density at radius 1 is 1.42 bits per heavy atom. The highest BCUT2D eigenvalue weighted by Gasteiger charge is 2.11. The lowest BCUT2D eigenvalue weighted by Gasteiger charge is -2.13. The lowest BCUT2D eigenvalue weighted by Crippen LogP contribution is -2.17. The summed E-state index contributed by atoms with van der Waals surface area (Å²) < 4.78 is 2.08. The van der Waals surface area contributed by atoms with Gasteiger partial charge in [0, 0.05) is 30.4 Å². The zero-order valence-electron chi connectivity index (χ0n) is 11.1. The average Bonchev–Trinajstić information content (AvgIpc) is 2.87. The van der Waals surface area contributed by atoms with Crippen molar-refractivity contribution in [2.45, 2.75) is 26.3 Å². The molecular weight excluding hydrogens is 240 g/mol. The van der Waals surface area contributed by atoms with Crippen molar-refractivity contribution in [3.8, 4) is 0 Å². The molecule has 3 N–H and O–H groups in total. The van der Waals surface area contributed by atoms with E-state index in [0.29, 0.717) is 12.5 Å². The number of oxime groups is 1. The minimum atomic E-state index is 0.127. The van der Waals surface area contributed by atoms with E-state index in [9.17, 15) is 0 Å². The molecule has 100 valence electrons. The maximum Gasteiger partial charge on any atom is 0.170 e. The molecule has 1 heterocycles. The second-order valence-electron chi connectivity index (χ2n) is 4.71. The molecule has 5 heteroatoms. The molecule has 1 aromatic heterocycles. The van der Waals surface area contributed by atoms with Crippen LogP contribution in [0, 0.1) is 0 Å². The normalized spacial score (nSPS) is 12.1. The number of aromatic nitrogens is 2. The van der Waals surface area contributed by atoms with Crippen LogP contribution in [-0.2, 0) is 6.54 Å². The number of nitrogens with zero attached hydrogens (tertiary/aromatic N) is 3. The molecule has 0 atom stereocenters. The Balaban J connectivity index is 2.36. The molecule has 5 nitrogen and oxygen atoms in total. The van der Waals surface area contributed by atoms with Crippen LogP contribution in [0.4, 0.5) is 0 Å². The minimum Gasteiger partial charge on any atom is -0.409 e. The van der Waals surface area contributed by atoms with Crippen LogP contribution in [0.5, 0.6) is 0 Å². The number of rotatable bonds is 4. The quantitative estimate of drug-likeness (QED) is 0.382. The lowest BCUT2D eigenvalue weighted by molar-refractivity contribution is 0.318. The number of benzene rings is 1. The van der Waals surface area contributed by atoms with Crippen molar-refractivity contribution in [3.05, 3.63) is 53.6 Å². The van der Waals surface area contributed by atoms with Crippen LogP contribution in [0.1, 0.15) is 36.7 Å². The van der Waals surface area contributed by atoms with Crippen LogP contribution in [0.2, 0.25) is 0 Å². The molecule has 1 aromatic carbocycles. The summed E-state index contributed by atoms with van der Waals surface area (Å²) in [6.45, 7) is 4.86. The van der Waals surface area contributed by atoms with Gasteiger partial charge in [0.15, 0.2) is 5.84 Å². The molecular formula is C14H18N4O. The summed E-state index contributed by atoms with van der Waals surface area (Å²) in [6, 6.07) is 7.62. The smallest absolute Gasteiger partial charge is 0.170 e. The van der Waals surface area contributed by atoms with Gasteiger partial charge in [0.25, 0.3) is 0 Å². The fourth-order valence-electron chi connectivity index (χ4n) is 2.10. The topological polar surface area (TPSA) is 76.4 Å². The largest absolute Gasteiger partial charge is 0.409 e. The number of hydrogen-bond acceptors (Lipinski definition) is 3. The fraction of sp³-hybridized carbons (Fsp3) is 0.286. The third-order valence-electron chi connectivity index (χ3n) is 3.01. The van der Waals surface area contributed by atoms with Crippen molar-refractivity contribution in [3.63, 3.8) is 0 Å². The van der Waals surface area contributed by atoms with Gasteiger partial charge in [0.2, 0.25) is 0 Å². The van der Waals surface area contributed by atoms with E-state index >= 15 is 0 Å². The lowest BCUT2D eigenvalue weighted by atomic mass is 10.1. The SMILES string of the molecule is CC(C)c1nccn1Cc1ccccc1/C(N)=N/O. The fourth-order valence-corrected chi connectivity index (χ4v) is 2.10. The third-order valence-corrected chi connectivity index (χ3v) is 3.01. The molecule has 0 fully saturated rings. The molecule has 0 aliphatic rings.